The summed E-state index contributed by atoms with van der Waals surface area (Å²) in [6.07, 6.45) is 0. The highest BCUT2D eigenvalue weighted by Gasteiger charge is 2.11. The number of nitrogens with two attached hydrogens (primary N) is 1. The first-order valence-corrected chi connectivity index (χ1v) is 6.88. The summed E-state index contributed by atoms with van der Waals surface area (Å²) in [6, 6.07) is 11.1. The molecule has 3 nitrogen and oxygen atoms in total. The second-order valence-electron chi connectivity index (χ2n) is 4.37. The molecule has 2 rings (SSSR count). The number of carbonyl (C=O) groups is 1. The molecule has 2 aromatic rings. The summed E-state index contributed by atoms with van der Waals surface area (Å²) in [6.45, 7) is 0.247. The largest absolute Gasteiger partial charge is 0.389 e. The number of rotatable bonds is 4. The Bertz CT molecular complexity index is 706. The molecule has 0 saturated heterocycles. The van der Waals surface area contributed by atoms with E-state index in [1.165, 1.54) is 12.1 Å². The number of nitrogens with one attached hydrogen (secondary N) is 1. The Hall–Kier alpha value is -1.98. The number of benzene rings is 2. The van der Waals surface area contributed by atoms with Gasteiger partial charge >= 0.3 is 0 Å². The fourth-order valence-corrected chi connectivity index (χ4v) is 2.07. The quantitative estimate of drug-likeness (QED) is 0.851. The van der Waals surface area contributed by atoms with Crippen LogP contribution in [0.4, 0.5) is 4.39 Å². The highest BCUT2D eigenvalue weighted by molar-refractivity contribution is 7.80. The van der Waals surface area contributed by atoms with Crippen LogP contribution in [0.15, 0.2) is 42.5 Å². The highest BCUT2D eigenvalue weighted by Crippen LogP contribution is 2.14. The molecule has 0 radical (unpaired) electrons. The lowest BCUT2D eigenvalue weighted by molar-refractivity contribution is 0.0947. The Morgan fingerprint density at radius 3 is 2.71 bits per heavy atom. The maximum Gasteiger partial charge on any atom is 0.254 e. The van der Waals surface area contributed by atoms with E-state index in [0.717, 1.165) is 17.2 Å². The smallest absolute Gasteiger partial charge is 0.254 e. The van der Waals surface area contributed by atoms with Crippen molar-refractivity contribution in [3.05, 3.63) is 70.0 Å². The van der Waals surface area contributed by atoms with Gasteiger partial charge in [0.05, 0.1) is 5.56 Å². The van der Waals surface area contributed by atoms with Crippen LogP contribution < -0.4 is 11.1 Å². The Kier molecular flexibility index (Phi) is 4.88. The standard InChI is InChI=1S/C15H12ClFN2OS/c16-11-4-5-12(13(17)7-11)15(20)19-8-9-2-1-3-10(6-9)14(18)21/h1-7H,8H2,(H2,18,21)(H,19,20). The molecule has 0 bridgehead atoms. The van der Waals surface area contributed by atoms with Crippen molar-refractivity contribution >= 4 is 34.7 Å². The molecule has 1 amide bonds. The van der Waals surface area contributed by atoms with Crippen LogP contribution in [0.2, 0.25) is 5.02 Å². The molecule has 21 heavy (non-hydrogen) atoms. The summed E-state index contributed by atoms with van der Waals surface area (Å²) in [5, 5.41) is 2.88. The predicted molar refractivity (Wildman–Crippen MR) is 84.9 cm³/mol. The van der Waals surface area contributed by atoms with Gasteiger partial charge < -0.3 is 11.1 Å². The number of hydrogen-bond acceptors (Lipinski definition) is 2. The van der Waals surface area contributed by atoms with Gasteiger partial charge in [-0.1, -0.05) is 42.0 Å². The van der Waals surface area contributed by atoms with E-state index in [9.17, 15) is 9.18 Å². The molecule has 0 aliphatic heterocycles. The molecule has 0 unspecified atom stereocenters. The van der Waals surface area contributed by atoms with Gasteiger partial charge in [0.25, 0.3) is 5.91 Å². The maximum absolute atomic E-state index is 13.6. The van der Waals surface area contributed by atoms with Gasteiger partial charge in [-0.2, -0.15) is 0 Å². The second-order valence-corrected chi connectivity index (χ2v) is 5.25. The fourth-order valence-electron chi connectivity index (χ4n) is 1.79. The van der Waals surface area contributed by atoms with E-state index in [0.29, 0.717) is 0 Å². The molecular formula is C15H12ClFN2OS. The average molecular weight is 323 g/mol. The predicted octanol–water partition coefficient (Wildman–Crippen LogP) is 3.04. The Morgan fingerprint density at radius 2 is 2.05 bits per heavy atom. The van der Waals surface area contributed by atoms with Gasteiger partial charge in [-0.05, 0) is 29.8 Å². The number of hydrogen-bond donors (Lipinski definition) is 2. The summed E-state index contributed by atoms with van der Waals surface area (Å²) >= 11 is 10.5. The topological polar surface area (TPSA) is 55.1 Å². The highest BCUT2D eigenvalue weighted by atomic mass is 35.5. The Balaban J connectivity index is 2.07. The summed E-state index contributed by atoms with van der Waals surface area (Å²) in [4.78, 5) is 12.2. The van der Waals surface area contributed by atoms with E-state index < -0.39 is 11.7 Å². The molecule has 0 fully saturated rings. The summed E-state index contributed by atoms with van der Waals surface area (Å²) in [5.74, 6) is -1.17. The van der Waals surface area contributed by atoms with Crippen molar-refractivity contribution in [3.63, 3.8) is 0 Å². The van der Waals surface area contributed by atoms with E-state index in [1.54, 1.807) is 18.2 Å². The van der Waals surface area contributed by atoms with Crippen molar-refractivity contribution in [2.45, 2.75) is 6.54 Å². The number of thiocarbonyl (C=S) groups is 1. The number of amides is 1. The van der Waals surface area contributed by atoms with Crippen molar-refractivity contribution < 1.29 is 9.18 Å². The van der Waals surface area contributed by atoms with Crippen LogP contribution in [0.5, 0.6) is 0 Å². The zero-order valence-electron chi connectivity index (χ0n) is 10.9. The van der Waals surface area contributed by atoms with E-state index in [4.69, 9.17) is 29.6 Å². The van der Waals surface area contributed by atoms with Gasteiger partial charge in [-0.15, -0.1) is 0 Å². The lowest BCUT2D eigenvalue weighted by Crippen LogP contribution is -2.24. The molecule has 0 saturated carbocycles. The Morgan fingerprint density at radius 1 is 1.29 bits per heavy atom. The van der Waals surface area contributed by atoms with Gasteiger partial charge in [0.1, 0.15) is 10.8 Å². The van der Waals surface area contributed by atoms with Crippen LogP contribution in [0.25, 0.3) is 0 Å². The molecule has 0 atom stereocenters. The average Bonchev–Trinajstić information content (AvgIpc) is 2.45. The molecule has 0 aliphatic rings. The third kappa shape index (κ3) is 4.00. The molecule has 108 valence electrons. The van der Waals surface area contributed by atoms with E-state index in [2.05, 4.69) is 5.32 Å². The second kappa shape index (κ2) is 6.65. The van der Waals surface area contributed by atoms with Crippen LogP contribution in [0.3, 0.4) is 0 Å². The van der Waals surface area contributed by atoms with Gasteiger partial charge in [-0.25, -0.2) is 4.39 Å². The van der Waals surface area contributed by atoms with Crippen molar-refractivity contribution in [2.75, 3.05) is 0 Å². The summed E-state index contributed by atoms with van der Waals surface area (Å²) < 4.78 is 13.6. The van der Waals surface area contributed by atoms with Crippen LogP contribution in [0.1, 0.15) is 21.5 Å². The molecule has 0 heterocycles. The summed E-state index contributed by atoms with van der Waals surface area (Å²) in [5.41, 5.74) is 7.03. The number of halogens is 2. The van der Waals surface area contributed by atoms with Crippen LogP contribution in [-0.4, -0.2) is 10.9 Å². The normalized spacial score (nSPS) is 10.2. The third-order valence-electron chi connectivity index (χ3n) is 2.84. The fraction of sp³-hybridized carbons (Fsp3) is 0.0667. The maximum atomic E-state index is 13.6. The van der Waals surface area contributed by atoms with Gasteiger partial charge in [0.15, 0.2) is 0 Å². The summed E-state index contributed by atoms with van der Waals surface area (Å²) in [7, 11) is 0. The van der Waals surface area contributed by atoms with Crippen molar-refractivity contribution in [3.8, 4) is 0 Å². The molecule has 0 aromatic heterocycles. The van der Waals surface area contributed by atoms with Crippen LogP contribution in [-0.2, 0) is 6.54 Å². The van der Waals surface area contributed by atoms with Crippen LogP contribution >= 0.6 is 23.8 Å². The lowest BCUT2D eigenvalue weighted by atomic mass is 10.1. The zero-order chi connectivity index (χ0) is 15.4. The minimum absolute atomic E-state index is 0.0510. The molecule has 3 N–H and O–H groups in total. The third-order valence-corrected chi connectivity index (χ3v) is 3.31. The zero-order valence-corrected chi connectivity index (χ0v) is 12.5. The van der Waals surface area contributed by atoms with E-state index in [-0.39, 0.29) is 22.1 Å². The molecule has 2 aromatic carbocycles. The van der Waals surface area contributed by atoms with E-state index in [1.807, 2.05) is 6.07 Å². The number of carbonyl (C=O) groups excluding carboxylic acids is 1. The van der Waals surface area contributed by atoms with E-state index >= 15 is 0 Å². The monoisotopic (exact) mass is 322 g/mol. The SMILES string of the molecule is NC(=S)c1cccc(CNC(=O)c2ccc(Cl)cc2F)c1. The van der Waals surface area contributed by atoms with Crippen molar-refractivity contribution in [2.24, 2.45) is 5.73 Å². The van der Waals surface area contributed by atoms with Gasteiger partial charge in [-0.3, -0.25) is 4.79 Å². The Labute approximate surface area is 131 Å². The minimum atomic E-state index is -0.656. The first-order chi connectivity index (χ1) is 9.97. The first kappa shape index (κ1) is 15.4. The molecular weight excluding hydrogens is 311 g/mol. The molecule has 0 spiro atoms. The van der Waals surface area contributed by atoms with Gasteiger partial charge in [0, 0.05) is 17.1 Å². The van der Waals surface area contributed by atoms with Gasteiger partial charge in [0.2, 0.25) is 0 Å². The molecule has 0 aliphatic carbocycles. The minimum Gasteiger partial charge on any atom is -0.389 e. The first-order valence-electron chi connectivity index (χ1n) is 6.09. The van der Waals surface area contributed by atoms with Crippen molar-refractivity contribution in [1.29, 1.82) is 0 Å². The lowest BCUT2D eigenvalue weighted by Gasteiger charge is -2.08. The van der Waals surface area contributed by atoms with Crippen LogP contribution in [0, 0.1) is 5.82 Å². The van der Waals surface area contributed by atoms with Crippen molar-refractivity contribution in [1.82, 2.24) is 5.32 Å². The molecule has 6 heteroatoms.